The molecule has 1 aromatic carbocycles. The van der Waals surface area contributed by atoms with Crippen molar-refractivity contribution in [3.63, 3.8) is 0 Å². The van der Waals surface area contributed by atoms with Crippen LogP contribution in [0.5, 0.6) is 0 Å². The maximum atomic E-state index is 11.8. The maximum absolute atomic E-state index is 11.8. The highest BCUT2D eigenvalue weighted by Gasteiger charge is 2.18. The number of nitrogens with one attached hydrogen (secondary N) is 1. The molecular weight excluding hydrogens is 328 g/mol. The average Bonchev–Trinajstić information content (AvgIpc) is 2.68. The first kappa shape index (κ1) is 19.1. The highest BCUT2D eigenvalue weighted by atomic mass is 16.5. The summed E-state index contributed by atoms with van der Waals surface area (Å²) in [6.45, 7) is 14.3. The third kappa shape index (κ3) is 5.43. The first-order valence-corrected chi connectivity index (χ1v) is 9.80. The molecule has 2 aliphatic rings. The van der Waals surface area contributed by atoms with Gasteiger partial charge in [-0.3, -0.25) is 14.6 Å². The van der Waals surface area contributed by atoms with E-state index in [1.54, 1.807) is 0 Å². The third-order valence-corrected chi connectivity index (χ3v) is 5.23. The van der Waals surface area contributed by atoms with Crippen molar-refractivity contribution >= 4 is 17.3 Å². The fourth-order valence-electron chi connectivity index (χ4n) is 3.38. The van der Waals surface area contributed by atoms with Gasteiger partial charge in [-0.05, 0) is 24.3 Å². The number of morpholine rings is 1. The Balaban J connectivity index is 1.42. The summed E-state index contributed by atoms with van der Waals surface area (Å²) in [6.07, 6.45) is 0. The van der Waals surface area contributed by atoms with Gasteiger partial charge in [0.25, 0.3) is 0 Å². The van der Waals surface area contributed by atoms with Gasteiger partial charge >= 0.3 is 0 Å². The van der Waals surface area contributed by atoms with Crippen molar-refractivity contribution in [3.8, 4) is 0 Å². The van der Waals surface area contributed by atoms with Crippen molar-refractivity contribution in [3.05, 3.63) is 24.3 Å². The smallest absolute Gasteiger partial charge is 0.226 e. The Labute approximate surface area is 157 Å². The van der Waals surface area contributed by atoms with Gasteiger partial charge in [-0.1, -0.05) is 13.8 Å². The molecule has 2 fully saturated rings. The molecule has 6 heteroatoms. The summed E-state index contributed by atoms with van der Waals surface area (Å²) < 4.78 is 5.41. The van der Waals surface area contributed by atoms with Crippen molar-refractivity contribution in [1.29, 1.82) is 0 Å². The summed E-state index contributed by atoms with van der Waals surface area (Å²) in [5.41, 5.74) is 2.11. The second kappa shape index (κ2) is 9.35. The van der Waals surface area contributed by atoms with E-state index in [2.05, 4.69) is 32.1 Å². The topological polar surface area (TPSA) is 48.1 Å². The first-order chi connectivity index (χ1) is 12.6. The predicted octanol–water partition coefficient (Wildman–Crippen LogP) is 1.74. The second-order valence-corrected chi connectivity index (χ2v) is 7.47. The Morgan fingerprint density at radius 3 is 2.12 bits per heavy atom. The predicted molar refractivity (Wildman–Crippen MR) is 106 cm³/mol. The van der Waals surface area contributed by atoms with E-state index in [0.717, 1.165) is 71.3 Å². The van der Waals surface area contributed by atoms with Crippen LogP contribution in [0, 0.1) is 5.92 Å². The molecular formula is C20H32N4O2. The molecule has 2 aliphatic heterocycles. The molecule has 3 rings (SSSR count). The van der Waals surface area contributed by atoms with Gasteiger partial charge in [0.2, 0.25) is 5.91 Å². The molecule has 144 valence electrons. The standard InChI is InChI=1S/C20H32N4O2/c1-17(2)20(25)21-18-3-5-19(6-4-18)24-11-9-22(10-12-24)7-8-23-13-15-26-16-14-23/h3-6,17H,7-16H2,1-2H3,(H,21,25). The number of piperazine rings is 1. The second-order valence-electron chi connectivity index (χ2n) is 7.47. The normalized spacial score (nSPS) is 19.7. The number of rotatable bonds is 6. The molecule has 2 saturated heterocycles. The molecule has 26 heavy (non-hydrogen) atoms. The van der Waals surface area contributed by atoms with Gasteiger partial charge in [0.1, 0.15) is 0 Å². The zero-order valence-electron chi connectivity index (χ0n) is 16.1. The fraction of sp³-hybridized carbons (Fsp3) is 0.650. The van der Waals surface area contributed by atoms with E-state index in [4.69, 9.17) is 4.74 Å². The molecule has 0 saturated carbocycles. The largest absolute Gasteiger partial charge is 0.379 e. The van der Waals surface area contributed by atoms with Crippen LogP contribution >= 0.6 is 0 Å². The number of benzene rings is 1. The lowest BCUT2D eigenvalue weighted by Gasteiger charge is -2.37. The Bertz CT molecular complexity index is 562. The number of nitrogens with zero attached hydrogens (tertiary/aromatic N) is 3. The molecule has 0 aromatic heterocycles. The van der Waals surface area contributed by atoms with Crippen LogP contribution in [0.1, 0.15) is 13.8 Å². The fourth-order valence-corrected chi connectivity index (χ4v) is 3.38. The molecule has 0 atom stereocenters. The van der Waals surface area contributed by atoms with Gasteiger partial charge < -0.3 is 15.0 Å². The number of hydrogen-bond acceptors (Lipinski definition) is 5. The summed E-state index contributed by atoms with van der Waals surface area (Å²) >= 11 is 0. The monoisotopic (exact) mass is 360 g/mol. The molecule has 0 aliphatic carbocycles. The summed E-state index contributed by atoms with van der Waals surface area (Å²) in [6, 6.07) is 8.22. The molecule has 0 spiro atoms. The zero-order valence-corrected chi connectivity index (χ0v) is 16.1. The zero-order chi connectivity index (χ0) is 18.4. The summed E-state index contributed by atoms with van der Waals surface area (Å²) in [7, 11) is 0. The molecule has 1 N–H and O–H groups in total. The maximum Gasteiger partial charge on any atom is 0.226 e. The minimum absolute atomic E-state index is 0.000200. The van der Waals surface area contributed by atoms with Crippen LogP contribution in [-0.2, 0) is 9.53 Å². The molecule has 0 bridgehead atoms. The van der Waals surface area contributed by atoms with Gasteiger partial charge in [0.05, 0.1) is 13.2 Å². The minimum atomic E-state index is 0.000200. The van der Waals surface area contributed by atoms with Gasteiger partial charge in [-0.15, -0.1) is 0 Å². The Kier molecular flexibility index (Phi) is 6.88. The molecule has 0 radical (unpaired) electrons. The number of anilines is 2. The van der Waals surface area contributed by atoms with Crippen molar-refractivity contribution < 1.29 is 9.53 Å². The van der Waals surface area contributed by atoms with E-state index in [9.17, 15) is 4.79 Å². The summed E-state index contributed by atoms with van der Waals surface area (Å²) in [4.78, 5) is 19.3. The van der Waals surface area contributed by atoms with E-state index in [-0.39, 0.29) is 11.8 Å². The van der Waals surface area contributed by atoms with E-state index in [1.165, 1.54) is 5.69 Å². The van der Waals surface area contributed by atoms with Gasteiger partial charge in [0, 0.05) is 69.7 Å². The Hall–Kier alpha value is -1.63. The molecule has 6 nitrogen and oxygen atoms in total. The van der Waals surface area contributed by atoms with Crippen LogP contribution < -0.4 is 10.2 Å². The molecule has 1 amide bonds. The molecule has 1 aromatic rings. The highest BCUT2D eigenvalue weighted by Crippen LogP contribution is 2.20. The number of amides is 1. The van der Waals surface area contributed by atoms with E-state index >= 15 is 0 Å². The SMILES string of the molecule is CC(C)C(=O)Nc1ccc(N2CCN(CCN3CCOCC3)CC2)cc1. The van der Waals surface area contributed by atoms with Crippen LogP contribution in [0.15, 0.2) is 24.3 Å². The number of hydrogen-bond donors (Lipinski definition) is 1. The highest BCUT2D eigenvalue weighted by molar-refractivity contribution is 5.92. The van der Waals surface area contributed by atoms with Crippen LogP contribution in [0.3, 0.4) is 0 Å². The number of ether oxygens (including phenoxy) is 1. The average molecular weight is 361 g/mol. The number of carbonyl (C=O) groups excluding carboxylic acids is 1. The summed E-state index contributed by atoms with van der Waals surface area (Å²) in [5.74, 6) is 0.0619. The van der Waals surface area contributed by atoms with Crippen molar-refractivity contribution in [1.82, 2.24) is 9.80 Å². The van der Waals surface area contributed by atoms with Crippen LogP contribution in [0.25, 0.3) is 0 Å². The molecule has 2 heterocycles. The van der Waals surface area contributed by atoms with Crippen molar-refractivity contribution in [2.24, 2.45) is 5.92 Å². The lowest BCUT2D eigenvalue weighted by atomic mass is 10.2. The van der Waals surface area contributed by atoms with Crippen LogP contribution in [0.4, 0.5) is 11.4 Å². The van der Waals surface area contributed by atoms with Gasteiger partial charge in [0.15, 0.2) is 0 Å². The quantitative estimate of drug-likeness (QED) is 0.837. The Morgan fingerprint density at radius 1 is 0.962 bits per heavy atom. The first-order valence-electron chi connectivity index (χ1n) is 9.80. The van der Waals surface area contributed by atoms with E-state index in [1.807, 2.05) is 26.0 Å². The third-order valence-electron chi connectivity index (χ3n) is 5.23. The molecule has 0 unspecified atom stereocenters. The van der Waals surface area contributed by atoms with Crippen LogP contribution in [-0.4, -0.2) is 81.3 Å². The van der Waals surface area contributed by atoms with Gasteiger partial charge in [-0.2, -0.15) is 0 Å². The Morgan fingerprint density at radius 2 is 1.54 bits per heavy atom. The van der Waals surface area contributed by atoms with Crippen molar-refractivity contribution in [2.45, 2.75) is 13.8 Å². The summed E-state index contributed by atoms with van der Waals surface area (Å²) in [5, 5.41) is 2.95. The minimum Gasteiger partial charge on any atom is -0.379 e. The lowest BCUT2D eigenvalue weighted by Crippen LogP contribution is -2.49. The number of carbonyl (C=O) groups is 1. The van der Waals surface area contributed by atoms with Crippen molar-refractivity contribution in [2.75, 3.05) is 75.8 Å². The van der Waals surface area contributed by atoms with Crippen LogP contribution in [0.2, 0.25) is 0 Å². The van der Waals surface area contributed by atoms with Gasteiger partial charge in [-0.25, -0.2) is 0 Å². The lowest BCUT2D eigenvalue weighted by molar-refractivity contribution is -0.118. The van der Waals surface area contributed by atoms with E-state index < -0.39 is 0 Å². The van der Waals surface area contributed by atoms with E-state index in [0.29, 0.717) is 0 Å².